The average molecular weight is 252 g/mol. The zero-order chi connectivity index (χ0) is 13.0. The normalized spacial score (nSPS) is 22.6. The summed E-state index contributed by atoms with van der Waals surface area (Å²) >= 11 is 0. The maximum absolute atomic E-state index is 12.6. The number of amides is 1. The van der Waals surface area contributed by atoms with Crippen molar-refractivity contribution in [2.75, 3.05) is 19.6 Å². The highest BCUT2D eigenvalue weighted by molar-refractivity contribution is 5.79. The first-order chi connectivity index (χ1) is 8.68. The van der Waals surface area contributed by atoms with Crippen LogP contribution < -0.4 is 5.32 Å². The van der Waals surface area contributed by atoms with Crippen LogP contribution in [0.2, 0.25) is 0 Å². The molecule has 3 nitrogen and oxygen atoms in total. The van der Waals surface area contributed by atoms with Crippen LogP contribution >= 0.6 is 0 Å². The molecule has 1 saturated carbocycles. The maximum Gasteiger partial charge on any atom is 0.225 e. The summed E-state index contributed by atoms with van der Waals surface area (Å²) < 4.78 is 0. The first-order valence-electron chi connectivity index (χ1n) is 7.69. The van der Waals surface area contributed by atoms with E-state index in [9.17, 15) is 4.79 Å². The third-order valence-electron chi connectivity index (χ3n) is 4.52. The van der Waals surface area contributed by atoms with Gasteiger partial charge in [-0.3, -0.25) is 4.79 Å². The smallest absolute Gasteiger partial charge is 0.225 e. The predicted octanol–water partition coefficient (Wildman–Crippen LogP) is 2.41. The lowest BCUT2D eigenvalue weighted by atomic mass is 9.96. The predicted molar refractivity (Wildman–Crippen MR) is 74.4 cm³/mol. The molecule has 1 aliphatic heterocycles. The second kappa shape index (κ2) is 6.55. The van der Waals surface area contributed by atoms with E-state index in [4.69, 9.17) is 0 Å². The second-order valence-electron chi connectivity index (χ2n) is 6.26. The van der Waals surface area contributed by atoms with Crippen LogP contribution in [0.1, 0.15) is 52.4 Å². The maximum atomic E-state index is 12.6. The first-order valence-corrected chi connectivity index (χ1v) is 7.69. The van der Waals surface area contributed by atoms with Crippen molar-refractivity contribution in [2.24, 2.45) is 11.8 Å². The van der Waals surface area contributed by atoms with Gasteiger partial charge in [-0.05, 0) is 58.5 Å². The number of nitrogens with zero attached hydrogens (tertiary/aromatic N) is 1. The fourth-order valence-corrected chi connectivity index (χ4v) is 3.30. The quantitative estimate of drug-likeness (QED) is 0.833. The molecule has 0 aromatic rings. The molecule has 2 fully saturated rings. The number of hydrogen-bond acceptors (Lipinski definition) is 2. The van der Waals surface area contributed by atoms with Crippen molar-refractivity contribution in [1.82, 2.24) is 10.2 Å². The Morgan fingerprint density at radius 1 is 1.17 bits per heavy atom. The lowest BCUT2D eigenvalue weighted by molar-refractivity contribution is -0.138. The third-order valence-corrected chi connectivity index (χ3v) is 4.52. The largest absolute Gasteiger partial charge is 0.340 e. The topological polar surface area (TPSA) is 32.3 Å². The van der Waals surface area contributed by atoms with Gasteiger partial charge in [-0.15, -0.1) is 0 Å². The van der Waals surface area contributed by atoms with E-state index in [0.29, 0.717) is 23.8 Å². The molecule has 2 aliphatic rings. The molecular formula is C15H28N2O. The summed E-state index contributed by atoms with van der Waals surface area (Å²) in [6.45, 7) is 7.54. The second-order valence-corrected chi connectivity index (χ2v) is 6.26. The zero-order valence-electron chi connectivity index (χ0n) is 12.0. The van der Waals surface area contributed by atoms with E-state index < -0.39 is 0 Å². The molecule has 1 amide bonds. The summed E-state index contributed by atoms with van der Waals surface area (Å²) in [5, 5.41) is 3.40. The van der Waals surface area contributed by atoms with Crippen LogP contribution in [-0.2, 0) is 4.79 Å². The molecule has 104 valence electrons. The molecule has 0 atom stereocenters. The molecular weight excluding hydrogens is 224 g/mol. The molecule has 0 radical (unpaired) electrons. The fraction of sp³-hybridized carbons (Fsp3) is 0.933. The number of nitrogens with one attached hydrogen (secondary N) is 1. The molecule has 18 heavy (non-hydrogen) atoms. The van der Waals surface area contributed by atoms with Crippen LogP contribution in [0.15, 0.2) is 0 Å². The molecule has 0 spiro atoms. The van der Waals surface area contributed by atoms with Crippen molar-refractivity contribution in [2.45, 2.75) is 58.4 Å². The molecule has 1 N–H and O–H groups in total. The number of rotatable bonds is 4. The van der Waals surface area contributed by atoms with Crippen molar-refractivity contribution in [3.8, 4) is 0 Å². The Bertz CT molecular complexity index is 266. The van der Waals surface area contributed by atoms with Gasteiger partial charge in [0.1, 0.15) is 0 Å². The first kappa shape index (κ1) is 13.9. The van der Waals surface area contributed by atoms with Crippen molar-refractivity contribution >= 4 is 5.91 Å². The highest BCUT2D eigenvalue weighted by Gasteiger charge is 2.30. The van der Waals surface area contributed by atoms with E-state index in [0.717, 1.165) is 32.5 Å². The molecule has 3 heteroatoms. The minimum absolute atomic E-state index is 0.328. The van der Waals surface area contributed by atoms with Gasteiger partial charge < -0.3 is 10.2 Å². The van der Waals surface area contributed by atoms with Crippen molar-refractivity contribution in [3.63, 3.8) is 0 Å². The molecule has 0 bridgehead atoms. The van der Waals surface area contributed by atoms with Gasteiger partial charge in [0.05, 0.1) is 0 Å². The van der Waals surface area contributed by atoms with E-state index >= 15 is 0 Å². The highest BCUT2D eigenvalue weighted by Crippen LogP contribution is 2.28. The van der Waals surface area contributed by atoms with Gasteiger partial charge in [0.15, 0.2) is 0 Å². The van der Waals surface area contributed by atoms with Gasteiger partial charge >= 0.3 is 0 Å². The number of carbonyl (C=O) groups excluding carboxylic acids is 1. The molecule has 1 heterocycles. The molecule has 0 aromatic heterocycles. The summed E-state index contributed by atoms with van der Waals surface area (Å²) in [5.74, 6) is 1.47. The van der Waals surface area contributed by atoms with Crippen LogP contribution in [0.4, 0.5) is 0 Å². The van der Waals surface area contributed by atoms with Gasteiger partial charge in [0.2, 0.25) is 5.91 Å². The van der Waals surface area contributed by atoms with Gasteiger partial charge in [-0.25, -0.2) is 0 Å². The SMILES string of the molecule is CC(C)N(CC1CCNCC1)C(=O)C1CCCC1. The van der Waals surface area contributed by atoms with E-state index in [1.165, 1.54) is 25.7 Å². The van der Waals surface area contributed by atoms with E-state index in [1.807, 2.05) is 0 Å². The summed E-state index contributed by atoms with van der Waals surface area (Å²) in [4.78, 5) is 14.7. The lowest BCUT2D eigenvalue weighted by Crippen LogP contribution is -2.45. The van der Waals surface area contributed by atoms with Crippen LogP contribution in [-0.4, -0.2) is 36.5 Å². The van der Waals surface area contributed by atoms with Gasteiger partial charge in [-0.1, -0.05) is 12.8 Å². The standard InChI is InChI=1S/C15H28N2O/c1-12(2)17(11-13-7-9-16-10-8-13)15(18)14-5-3-4-6-14/h12-14,16H,3-11H2,1-2H3. The van der Waals surface area contributed by atoms with Crippen LogP contribution in [0.5, 0.6) is 0 Å². The highest BCUT2D eigenvalue weighted by atomic mass is 16.2. The van der Waals surface area contributed by atoms with E-state index in [2.05, 4.69) is 24.1 Å². The van der Waals surface area contributed by atoms with Gasteiger partial charge in [0, 0.05) is 18.5 Å². The number of hydrogen-bond donors (Lipinski definition) is 1. The molecule has 0 unspecified atom stereocenters. The third kappa shape index (κ3) is 3.47. The number of piperidine rings is 1. The minimum Gasteiger partial charge on any atom is -0.340 e. The van der Waals surface area contributed by atoms with E-state index in [-0.39, 0.29) is 0 Å². The van der Waals surface area contributed by atoms with Crippen molar-refractivity contribution in [3.05, 3.63) is 0 Å². The molecule has 1 aliphatic carbocycles. The number of carbonyl (C=O) groups is 1. The average Bonchev–Trinajstić information content (AvgIpc) is 2.90. The van der Waals surface area contributed by atoms with Crippen LogP contribution in [0.25, 0.3) is 0 Å². The Morgan fingerprint density at radius 2 is 1.78 bits per heavy atom. The Balaban J connectivity index is 1.91. The Hall–Kier alpha value is -0.570. The van der Waals surface area contributed by atoms with Gasteiger partial charge in [0.25, 0.3) is 0 Å². The van der Waals surface area contributed by atoms with Crippen molar-refractivity contribution < 1.29 is 4.79 Å². The Morgan fingerprint density at radius 3 is 2.33 bits per heavy atom. The molecule has 2 rings (SSSR count). The van der Waals surface area contributed by atoms with Crippen molar-refractivity contribution in [1.29, 1.82) is 0 Å². The summed E-state index contributed by atoms with van der Waals surface area (Å²) in [6.07, 6.45) is 7.18. The Labute approximate surface area is 111 Å². The lowest BCUT2D eigenvalue weighted by Gasteiger charge is -2.34. The summed E-state index contributed by atoms with van der Waals surface area (Å²) in [7, 11) is 0. The van der Waals surface area contributed by atoms with Crippen LogP contribution in [0.3, 0.4) is 0 Å². The molecule has 0 aromatic carbocycles. The minimum atomic E-state index is 0.328. The summed E-state index contributed by atoms with van der Waals surface area (Å²) in [5.41, 5.74) is 0. The molecule has 1 saturated heterocycles. The summed E-state index contributed by atoms with van der Waals surface area (Å²) in [6, 6.07) is 0.355. The zero-order valence-corrected chi connectivity index (χ0v) is 12.0. The van der Waals surface area contributed by atoms with Crippen LogP contribution in [0, 0.1) is 11.8 Å². The fourth-order valence-electron chi connectivity index (χ4n) is 3.30. The van der Waals surface area contributed by atoms with E-state index in [1.54, 1.807) is 0 Å². The van der Waals surface area contributed by atoms with Gasteiger partial charge in [-0.2, -0.15) is 0 Å². The Kier molecular flexibility index (Phi) is 5.04. The monoisotopic (exact) mass is 252 g/mol.